The Labute approximate surface area is 113 Å². The topological polar surface area (TPSA) is 37.3 Å². The highest BCUT2D eigenvalue weighted by atomic mass is 16.4. The highest BCUT2D eigenvalue weighted by molar-refractivity contribution is 5.89. The van der Waals surface area contributed by atoms with E-state index in [1.54, 1.807) is 12.1 Å². The van der Waals surface area contributed by atoms with Gasteiger partial charge >= 0.3 is 5.97 Å². The van der Waals surface area contributed by atoms with Crippen LogP contribution in [0.3, 0.4) is 0 Å². The highest BCUT2D eigenvalue weighted by Crippen LogP contribution is 2.25. The van der Waals surface area contributed by atoms with E-state index in [2.05, 4.69) is 31.2 Å². The van der Waals surface area contributed by atoms with E-state index in [1.165, 1.54) is 5.56 Å². The third kappa shape index (κ3) is 3.02. The Morgan fingerprint density at radius 1 is 1.11 bits per heavy atom. The van der Waals surface area contributed by atoms with Gasteiger partial charge in [0.25, 0.3) is 0 Å². The molecular formula is C17H18O2. The molecule has 0 amide bonds. The van der Waals surface area contributed by atoms with E-state index < -0.39 is 5.97 Å². The predicted octanol–water partition coefficient (Wildman–Crippen LogP) is 4.31. The Kier molecular flexibility index (Phi) is 4.00. The van der Waals surface area contributed by atoms with E-state index in [0.717, 1.165) is 29.5 Å². The molecule has 0 radical (unpaired) electrons. The van der Waals surface area contributed by atoms with Crippen molar-refractivity contribution in [3.8, 4) is 11.1 Å². The van der Waals surface area contributed by atoms with Gasteiger partial charge in [0.05, 0.1) is 5.56 Å². The molecule has 2 aromatic carbocycles. The molecule has 0 aromatic heterocycles. The fraction of sp³-hybridized carbons (Fsp3) is 0.235. The van der Waals surface area contributed by atoms with Crippen LogP contribution in [0.4, 0.5) is 0 Å². The minimum atomic E-state index is -0.882. The first-order chi connectivity index (χ1) is 9.11. The van der Waals surface area contributed by atoms with Crippen molar-refractivity contribution < 1.29 is 9.90 Å². The maximum Gasteiger partial charge on any atom is 0.335 e. The summed E-state index contributed by atoms with van der Waals surface area (Å²) in [6.07, 6.45) is 2.24. The lowest BCUT2D eigenvalue weighted by atomic mass is 9.97. The van der Waals surface area contributed by atoms with E-state index in [0.29, 0.717) is 5.56 Å². The van der Waals surface area contributed by atoms with Crippen LogP contribution in [0.1, 0.15) is 34.8 Å². The molecule has 2 nitrogen and oxygen atoms in total. The van der Waals surface area contributed by atoms with Crippen molar-refractivity contribution in [2.75, 3.05) is 0 Å². The number of rotatable bonds is 4. The van der Waals surface area contributed by atoms with Gasteiger partial charge in [0.2, 0.25) is 0 Å². The lowest BCUT2D eigenvalue weighted by Gasteiger charge is -2.08. The van der Waals surface area contributed by atoms with E-state index in [9.17, 15) is 4.79 Å². The van der Waals surface area contributed by atoms with E-state index in [-0.39, 0.29) is 0 Å². The van der Waals surface area contributed by atoms with Gasteiger partial charge in [0.15, 0.2) is 0 Å². The van der Waals surface area contributed by atoms with Crippen LogP contribution in [0.2, 0.25) is 0 Å². The standard InChI is InChI=1S/C17H18O2/c1-3-4-13-5-7-14(8-6-13)16-10-9-15(17(18)19)11-12(16)2/h5-11H,3-4H2,1-2H3,(H,18,19). The average molecular weight is 254 g/mol. The van der Waals surface area contributed by atoms with Gasteiger partial charge < -0.3 is 5.11 Å². The zero-order valence-electron chi connectivity index (χ0n) is 11.3. The lowest BCUT2D eigenvalue weighted by Crippen LogP contribution is -1.97. The van der Waals surface area contributed by atoms with Gasteiger partial charge in [-0.25, -0.2) is 4.79 Å². The normalized spacial score (nSPS) is 10.4. The number of carbonyl (C=O) groups is 1. The summed E-state index contributed by atoms with van der Waals surface area (Å²) in [4.78, 5) is 10.9. The van der Waals surface area contributed by atoms with Gasteiger partial charge in [-0.15, -0.1) is 0 Å². The molecule has 0 spiro atoms. The van der Waals surface area contributed by atoms with Crippen LogP contribution in [-0.2, 0) is 6.42 Å². The Morgan fingerprint density at radius 3 is 2.32 bits per heavy atom. The molecule has 0 aliphatic rings. The molecule has 0 fully saturated rings. The van der Waals surface area contributed by atoms with E-state index in [1.807, 2.05) is 13.0 Å². The number of aryl methyl sites for hydroxylation is 2. The summed E-state index contributed by atoms with van der Waals surface area (Å²) in [7, 11) is 0. The van der Waals surface area contributed by atoms with Crippen LogP contribution in [0.25, 0.3) is 11.1 Å². The quantitative estimate of drug-likeness (QED) is 0.882. The minimum absolute atomic E-state index is 0.337. The smallest absolute Gasteiger partial charge is 0.335 e. The molecule has 2 heteroatoms. The number of carboxylic acids is 1. The second kappa shape index (κ2) is 5.70. The molecule has 1 N–H and O–H groups in total. The summed E-state index contributed by atoms with van der Waals surface area (Å²) >= 11 is 0. The monoisotopic (exact) mass is 254 g/mol. The Bertz CT molecular complexity index is 583. The molecule has 0 aliphatic carbocycles. The number of hydrogen-bond acceptors (Lipinski definition) is 1. The lowest BCUT2D eigenvalue weighted by molar-refractivity contribution is 0.0697. The fourth-order valence-electron chi connectivity index (χ4n) is 2.26. The number of aromatic carboxylic acids is 1. The van der Waals surface area contributed by atoms with E-state index >= 15 is 0 Å². The van der Waals surface area contributed by atoms with Gasteiger partial charge in [0, 0.05) is 0 Å². The van der Waals surface area contributed by atoms with E-state index in [4.69, 9.17) is 5.11 Å². The molecule has 0 bridgehead atoms. The third-order valence-corrected chi connectivity index (χ3v) is 3.28. The summed E-state index contributed by atoms with van der Waals surface area (Å²) in [6.45, 7) is 4.12. The van der Waals surface area contributed by atoms with Gasteiger partial charge in [0.1, 0.15) is 0 Å². The minimum Gasteiger partial charge on any atom is -0.478 e. The molecule has 0 heterocycles. The van der Waals surface area contributed by atoms with Gasteiger partial charge in [-0.1, -0.05) is 43.7 Å². The molecule has 0 aliphatic heterocycles. The van der Waals surface area contributed by atoms with Crippen molar-refractivity contribution in [3.63, 3.8) is 0 Å². The van der Waals surface area contributed by atoms with Crippen LogP contribution in [0, 0.1) is 6.92 Å². The van der Waals surface area contributed by atoms with Crippen molar-refractivity contribution >= 4 is 5.97 Å². The van der Waals surface area contributed by atoms with Crippen molar-refractivity contribution in [3.05, 3.63) is 59.2 Å². The molecule has 0 atom stereocenters. The van der Waals surface area contributed by atoms with Crippen molar-refractivity contribution in [2.45, 2.75) is 26.7 Å². The first-order valence-corrected chi connectivity index (χ1v) is 6.55. The zero-order chi connectivity index (χ0) is 13.8. The Morgan fingerprint density at radius 2 is 1.79 bits per heavy atom. The average Bonchev–Trinajstić information content (AvgIpc) is 2.40. The molecule has 0 saturated carbocycles. The van der Waals surface area contributed by atoms with Crippen LogP contribution in [-0.4, -0.2) is 11.1 Å². The summed E-state index contributed by atoms with van der Waals surface area (Å²) in [5.41, 5.74) is 4.89. The van der Waals surface area contributed by atoms with Gasteiger partial charge in [-0.05, 0) is 47.7 Å². The maximum absolute atomic E-state index is 10.9. The Hall–Kier alpha value is -2.09. The van der Waals surface area contributed by atoms with Crippen molar-refractivity contribution in [1.29, 1.82) is 0 Å². The number of carboxylic acid groups (broad SMARTS) is 1. The second-order valence-electron chi connectivity index (χ2n) is 4.78. The van der Waals surface area contributed by atoms with Gasteiger partial charge in [-0.2, -0.15) is 0 Å². The van der Waals surface area contributed by atoms with Crippen molar-refractivity contribution in [2.24, 2.45) is 0 Å². The SMILES string of the molecule is CCCc1ccc(-c2ccc(C(=O)O)cc2C)cc1. The molecular weight excluding hydrogens is 236 g/mol. The largest absolute Gasteiger partial charge is 0.478 e. The third-order valence-electron chi connectivity index (χ3n) is 3.28. The number of hydrogen-bond donors (Lipinski definition) is 1. The van der Waals surface area contributed by atoms with Gasteiger partial charge in [-0.3, -0.25) is 0 Å². The molecule has 2 aromatic rings. The summed E-state index contributed by atoms with van der Waals surface area (Å²) in [6, 6.07) is 13.8. The summed E-state index contributed by atoms with van der Waals surface area (Å²) < 4.78 is 0. The van der Waals surface area contributed by atoms with Crippen LogP contribution in [0.15, 0.2) is 42.5 Å². The second-order valence-corrected chi connectivity index (χ2v) is 4.78. The maximum atomic E-state index is 10.9. The van der Waals surface area contributed by atoms with Crippen LogP contribution < -0.4 is 0 Å². The molecule has 19 heavy (non-hydrogen) atoms. The fourth-order valence-corrected chi connectivity index (χ4v) is 2.26. The van der Waals surface area contributed by atoms with Crippen LogP contribution >= 0.6 is 0 Å². The molecule has 0 unspecified atom stereocenters. The number of benzene rings is 2. The first kappa shape index (κ1) is 13.3. The molecule has 98 valence electrons. The first-order valence-electron chi connectivity index (χ1n) is 6.55. The molecule has 2 rings (SSSR count). The predicted molar refractivity (Wildman–Crippen MR) is 77.6 cm³/mol. The summed E-state index contributed by atoms with van der Waals surface area (Å²) in [5, 5.41) is 8.97. The summed E-state index contributed by atoms with van der Waals surface area (Å²) in [5.74, 6) is -0.882. The van der Waals surface area contributed by atoms with Crippen LogP contribution in [0.5, 0.6) is 0 Å². The highest BCUT2D eigenvalue weighted by Gasteiger charge is 2.07. The molecule has 0 saturated heterocycles. The van der Waals surface area contributed by atoms with Crippen molar-refractivity contribution in [1.82, 2.24) is 0 Å². The Balaban J connectivity index is 2.33. The zero-order valence-corrected chi connectivity index (χ0v) is 11.3.